The third-order valence-corrected chi connectivity index (χ3v) is 4.21. The molecular formula is C12H21F3N2. The van der Waals surface area contributed by atoms with Crippen molar-refractivity contribution in [3.8, 4) is 0 Å². The van der Waals surface area contributed by atoms with Crippen LogP contribution in [0.15, 0.2) is 0 Å². The monoisotopic (exact) mass is 250 g/mol. The Kier molecular flexibility index (Phi) is 3.98. The van der Waals surface area contributed by atoms with E-state index in [1.165, 1.54) is 0 Å². The largest absolute Gasteiger partial charge is 0.391 e. The molecule has 0 aromatic rings. The van der Waals surface area contributed by atoms with E-state index < -0.39 is 12.1 Å². The summed E-state index contributed by atoms with van der Waals surface area (Å²) in [7, 11) is 2.10. The van der Waals surface area contributed by atoms with Gasteiger partial charge in [0.1, 0.15) is 0 Å². The molecule has 0 atom stereocenters. The van der Waals surface area contributed by atoms with Crippen LogP contribution < -0.4 is 0 Å². The van der Waals surface area contributed by atoms with Crippen LogP contribution in [0.2, 0.25) is 0 Å². The highest BCUT2D eigenvalue weighted by Gasteiger charge is 2.42. The number of halogens is 3. The van der Waals surface area contributed by atoms with Crippen molar-refractivity contribution in [2.75, 3.05) is 33.2 Å². The minimum Gasteiger partial charge on any atom is -0.304 e. The van der Waals surface area contributed by atoms with Crippen molar-refractivity contribution in [1.82, 2.24) is 9.80 Å². The molecule has 100 valence electrons. The summed E-state index contributed by atoms with van der Waals surface area (Å²) >= 11 is 0. The summed E-state index contributed by atoms with van der Waals surface area (Å²) in [5, 5.41) is 0. The Labute approximate surface area is 101 Å². The highest BCUT2D eigenvalue weighted by atomic mass is 19.4. The maximum atomic E-state index is 12.5. The minimum atomic E-state index is -3.98. The molecule has 0 spiro atoms. The molecule has 2 aliphatic rings. The fourth-order valence-corrected chi connectivity index (χ4v) is 2.96. The Morgan fingerprint density at radius 3 is 1.88 bits per heavy atom. The first-order valence-corrected chi connectivity index (χ1v) is 6.46. The molecule has 5 heteroatoms. The number of hydrogen-bond acceptors (Lipinski definition) is 2. The first kappa shape index (κ1) is 13.1. The summed E-state index contributed by atoms with van der Waals surface area (Å²) in [6, 6.07) is 0.391. The highest BCUT2D eigenvalue weighted by Crippen LogP contribution is 2.38. The molecule has 1 aliphatic heterocycles. The molecule has 2 rings (SSSR count). The fraction of sp³-hybridized carbons (Fsp3) is 1.00. The summed E-state index contributed by atoms with van der Waals surface area (Å²) in [5.74, 6) is -1.05. The van der Waals surface area contributed by atoms with Gasteiger partial charge < -0.3 is 4.90 Å². The van der Waals surface area contributed by atoms with Crippen LogP contribution in [0.5, 0.6) is 0 Å². The summed E-state index contributed by atoms with van der Waals surface area (Å²) in [4.78, 5) is 4.66. The summed E-state index contributed by atoms with van der Waals surface area (Å²) in [6.45, 7) is 4.11. The fourth-order valence-electron chi connectivity index (χ4n) is 2.96. The van der Waals surface area contributed by atoms with Gasteiger partial charge in [0.25, 0.3) is 0 Å². The molecule has 2 fully saturated rings. The molecule has 1 aliphatic carbocycles. The summed E-state index contributed by atoms with van der Waals surface area (Å²) in [6.07, 6.45) is -1.91. The first-order valence-electron chi connectivity index (χ1n) is 6.46. The smallest absolute Gasteiger partial charge is 0.304 e. The van der Waals surface area contributed by atoms with Crippen LogP contribution >= 0.6 is 0 Å². The maximum absolute atomic E-state index is 12.5. The number of alkyl halides is 3. The van der Waals surface area contributed by atoms with Crippen LogP contribution in [0.1, 0.15) is 25.7 Å². The molecular weight excluding hydrogens is 229 g/mol. The van der Waals surface area contributed by atoms with Gasteiger partial charge in [-0.15, -0.1) is 0 Å². The number of nitrogens with zero attached hydrogens (tertiary/aromatic N) is 2. The summed E-state index contributed by atoms with van der Waals surface area (Å²) in [5.41, 5.74) is 0. The Hall–Kier alpha value is -0.290. The van der Waals surface area contributed by atoms with E-state index >= 15 is 0 Å². The van der Waals surface area contributed by atoms with Crippen LogP contribution in [-0.4, -0.2) is 55.2 Å². The van der Waals surface area contributed by atoms with Gasteiger partial charge >= 0.3 is 6.18 Å². The number of likely N-dealkylation sites (N-methyl/N-ethyl adjacent to an activating group) is 1. The Morgan fingerprint density at radius 2 is 1.41 bits per heavy atom. The van der Waals surface area contributed by atoms with Gasteiger partial charge in [-0.05, 0) is 32.7 Å². The second kappa shape index (κ2) is 5.14. The van der Waals surface area contributed by atoms with E-state index in [2.05, 4.69) is 16.8 Å². The molecule has 2 nitrogen and oxygen atoms in total. The van der Waals surface area contributed by atoms with Gasteiger partial charge in [0.2, 0.25) is 0 Å². The molecule has 0 unspecified atom stereocenters. The average Bonchev–Trinajstić information content (AvgIpc) is 2.29. The maximum Gasteiger partial charge on any atom is 0.391 e. The zero-order valence-electron chi connectivity index (χ0n) is 10.3. The molecule has 1 saturated heterocycles. The SMILES string of the molecule is CN1CCN([C@H]2CC[C@H](C(F)(F)F)CC2)CC1. The molecule has 0 radical (unpaired) electrons. The summed E-state index contributed by atoms with van der Waals surface area (Å²) < 4.78 is 37.6. The van der Waals surface area contributed by atoms with Crippen LogP contribution in [-0.2, 0) is 0 Å². The lowest BCUT2D eigenvalue weighted by atomic mass is 9.84. The quantitative estimate of drug-likeness (QED) is 0.705. The van der Waals surface area contributed by atoms with E-state index in [4.69, 9.17) is 0 Å². The van der Waals surface area contributed by atoms with Crippen molar-refractivity contribution in [3.63, 3.8) is 0 Å². The molecule has 0 amide bonds. The van der Waals surface area contributed by atoms with Crippen molar-refractivity contribution in [1.29, 1.82) is 0 Å². The normalized spacial score (nSPS) is 33.9. The van der Waals surface area contributed by atoms with Crippen LogP contribution in [0, 0.1) is 5.92 Å². The van der Waals surface area contributed by atoms with Gasteiger partial charge in [0, 0.05) is 32.2 Å². The van der Waals surface area contributed by atoms with E-state index in [0.29, 0.717) is 31.7 Å². The zero-order chi connectivity index (χ0) is 12.5. The van der Waals surface area contributed by atoms with Gasteiger partial charge in [-0.2, -0.15) is 13.2 Å². The second-order valence-electron chi connectivity index (χ2n) is 5.39. The van der Waals surface area contributed by atoms with Crippen molar-refractivity contribution in [2.24, 2.45) is 5.92 Å². The van der Waals surface area contributed by atoms with Crippen molar-refractivity contribution >= 4 is 0 Å². The van der Waals surface area contributed by atoms with E-state index in [1.807, 2.05) is 0 Å². The zero-order valence-corrected chi connectivity index (χ0v) is 10.3. The lowest BCUT2D eigenvalue weighted by Gasteiger charge is -2.41. The topological polar surface area (TPSA) is 6.48 Å². The second-order valence-corrected chi connectivity index (χ2v) is 5.39. The predicted molar refractivity (Wildman–Crippen MR) is 60.9 cm³/mol. The molecule has 1 saturated carbocycles. The Bertz CT molecular complexity index is 239. The van der Waals surface area contributed by atoms with Gasteiger partial charge in [-0.25, -0.2) is 0 Å². The van der Waals surface area contributed by atoms with Crippen molar-refractivity contribution in [2.45, 2.75) is 37.9 Å². The molecule has 0 bridgehead atoms. The standard InChI is InChI=1S/C12H21F3N2/c1-16-6-8-17(9-7-16)11-4-2-10(3-5-11)12(13,14)15/h10-11H,2-9H2,1H3/t10-,11-. The minimum absolute atomic E-state index is 0.320. The molecule has 17 heavy (non-hydrogen) atoms. The lowest BCUT2D eigenvalue weighted by Crippen LogP contribution is -2.50. The van der Waals surface area contributed by atoms with Crippen LogP contribution in [0.25, 0.3) is 0 Å². The third-order valence-electron chi connectivity index (χ3n) is 4.21. The van der Waals surface area contributed by atoms with Crippen LogP contribution in [0.4, 0.5) is 13.2 Å². The van der Waals surface area contributed by atoms with Gasteiger partial charge in [-0.3, -0.25) is 4.90 Å². The molecule has 0 N–H and O–H groups in total. The molecule has 1 heterocycles. The first-order chi connectivity index (χ1) is 7.97. The molecule has 0 aromatic carbocycles. The van der Waals surface area contributed by atoms with E-state index in [0.717, 1.165) is 26.2 Å². The van der Waals surface area contributed by atoms with Gasteiger partial charge in [0.15, 0.2) is 0 Å². The van der Waals surface area contributed by atoms with Gasteiger partial charge in [0.05, 0.1) is 5.92 Å². The predicted octanol–water partition coefficient (Wildman–Crippen LogP) is 2.35. The average molecular weight is 250 g/mol. The van der Waals surface area contributed by atoms with Gasteiger partial charge in [-0.1, -0.05) is 0 Å². The van der Waals surface area contributed by atoms with Crippen LogP contribution in [0.3, 0.4) is 0 Å². The van der Waals surface area contributed by atoms with Crippen molar-refractivity contribution < 1.29 is 13.2 Å². The molecule has 0 aromatic heterocycles. The van der Waals surface area contributed by atoms with E-state index in [1.54, 1.807) is 0 Å². The Balaban J connectivity index is 1.79. The number of hydrogen-bond donors (Lipinski definition) is 0. The van der Waals surface area contributed by atoms with E-state index in [-0.39, 0.29) is 0 Å². The third kappa shape index (κ3) is 3.35. The van der Waals surface area contributed by atoms with Crippen molar-refractivity contribution in [3.05, 3.63) is 0 Å². The van der Waals surface area contributed by atoms with E-state index in [9.17, 15) is 13.2 Å². The number of piperazine rings is 1. The lowest BCUT2D eigenvalue weighted by molar-refractivity contribution is -0.184. The Morgan fingerprint density at radius 1 is 0.882 bits per heavy atom. The highest BCUT2D eigenvalue weighted by molar-refractivity contribution is 4.84. The number of rotatable bonds is 1.